The van der Waals surface area contributed by atoms with Crippen molar-refractivity contribution in [1.82, 2.24) is 4.31 Å². The number of methoxy groups -OCH3 is 2. The monoisotopic (exact) mass is 279 g/mol. The number of hydrogen-bond donors (Lipinski definition) is 0. The number of carbonyl (C=O) groups excluding carboxylic acids is 2. The fourth-order valence-electron chi connectivity index (χ4n) is 1.90. The van der Waals surface area contributed by atoms with E-state index in [0.29, 0.717) is 12.8 Å². The number of rotatable bonds is 4. The SMILES string of the molecule is COC(=O)CS(=O)(=O)N1CCCC[C@@H]1C(=O)OC. The number of carbonyl (C=O) groups is 2. The van der Waals surface area contributed by atoms with E-state index in [1.165, 1.54) is 7.11 Å². The molecule has 0 amide bonds. The second-order valence-electron chi connectivity index (χ2n) is 3.98. The van der Waals surface area contributed by atoms with E-state index in [1.54, 1.807) is 0 Å². The first-order chi connectivity index (χ1) is 8.42. The highest BCUT2D eigenvalue weighted by Gasteiger charge is 2.38. The van der Waals surface area contributed by atoms with Gasteiger partial charge >= 0.3 is 11.9 Å². The van der Waals surface area contributed by atoms with Crippen LogP contribution in [0.1, 0.15) is 19.3 Å². The molecule has 0 aromatic heterocycles. The molecule has 0 aliphatic carbocycles. The third-order valence-corrected chi connectivity index (χ3v) is 4.56. The molecule has 1 aliphatic rings. The van der Waals surface area contributed by atoms with E-state index in [2.05, 4.69) is 9.47 Å². The minimum Gasteiger partial charge on any atom is -0.468 e. The van der Waals surface area contributed by atoms with Gasteiger partial charge in [0.15, 0.2) is 5.75 Å². The van der Waals surface area contributed by atoms with Gasteiger partial charge in [-0.25, -0.2) is 8.42 Å². The smallest absolute Gasteiger partial charge is 0.324 e. The van der Waals surface area contributed by atoms with Crippen molar-refractivity contribution in [3.05, 3.63) is 0 Å². The molecule has 7 nitrogen and oxygen atoms in total. The highest BCUT2D eigenvalue weighted by molar-refractivity contribution is 7.89. The normalized spacial score (nSPS) is 21.3. The lowest BCUT2D eigenvalue weighted by Crippen LogP contribution is -2.50. The molecule has 1 atom stereocenters. The third kappa shape index (κ3) is 3.42. The fraction of sp³-hybridized carbons (Fsp3) is 0.800. The van der Waals surface area contributed by atoms with Gasteiger partial charge in [0.2, 0.25) is 10.0 Å². The number of nitrogens with zero attached hydrogens (tertiary/aromatic N) is 1. The summed E-state index contributed by atoms with van der Waals surface area (Å²) in [7, 11) is -1.51. The second-order valence-corrected chi connectivity index (χ2v) is 5.90. The number of sulfonamides is 1. The van der Waals surface area contributed by atoms with Crippen molar-refractivity contribution in [2.75, 3.05) is 26.5 Å². The van der Waals surface area contributed by atoms with Crippen molar-refractivity contribution < 1.29 is 27.5 Å². The Morgan fingerprint density at radius 3 is 2.44 bits per heavy atom. The molecule has 0 aromatic carbocycles. The van der Waals surface area contributed by atoms with E-state index in [-0.39, 0.29) is 6.54 Å². The van der Waals surface area contributed by atoms with Crippen molar-refractivity contribution >= 4 is 22.0 Å². The molecular weight excluding hydrogens is 262 g/mol. The van der Waals surface area contributed by atoms with Crippen LogP contribution in [0, 0.1) is 0 Å². The average Bonchev–Trinajstić information content (AvgIpc) is 2.37. The van der Waals surface area contributed by atoms with Gasteiger partial charge in [0.05, 0.1) is 14.2 Å². The van der Waals surface area contributed by atoms with E-state index in [9.17, 15) is 18.0 Å². The molecule has 8 heteroatoms. The first kappa shape index (κ1) is 14.9. The van der Waals surface area contributed by atoms with Crippen LogP contribution >= 0.6 is 0 Å². The van der Waals surface area contributed by atoms with Crippen LogP contribution in [0.5, 0.6) is 0 Å². The summed E-state index contributed by atoms with van der Waals surface area (Å²) in [6.07, 6.45) is 1.82. The number of ether oxygens (including phenoxy) is 2. The van der Waals surface area contributed by atoms with Crippen LogP contribution in [-0.4, -0.2) is 57.2 Å². The lowest BCUT2D eigenvalue weighted by atomic mass is 10.1. The van der Waals surface area contributed by atoms with Gasteiger partial charge in [-0.1, -0.05) is 0 Å². The summed E-state index contributed by atoms with van der Waals surface area (Å²) in [6, 6.07) is -0.835. The lowest BCUT2D eigenvalue weighted by molar-refractivity contribution is -0.146. The standard InChI is InChI=1S/C10H17NO6S/c1-16-9(12)7-18(14,15)11-6-4-3-5-8(11)10(13)17-2/h8H,3-7H2,1-2H3/t8-/m1/s1. The summed E-state index contributed by atoms with van der Waals surface area (Å²) >= 11 is 0. The molecule has 0 aromatic rings. The zero-order valence-electron chi connectivity index (χ0n) is 10.4. The summed E-state index contributed by atoms with van der Waals surface area (Å²) in [5.74, 6) is -2.19. The van der Waals surface area contributed by atoms with Crippen molar-refractivity contribution in [2.24, 2.45) is 0 Å². The number of esters is 2. The Bertz CT molecular complexity index is 418. The summed E-state index contributed by atoms with van der Waals surface area (Å²) in [5, 5.41) is 0. The van der Waals surface area contributed by atoms with Crippen LogP contribution in [0.15, 0.2) is 0 Å². The Morgan fingerprint density at radius 2 is 1.89 bits per heavy atom. The van der Waals surface area contributed by atoms with Gasteiger partial charge in [-0.15, -0.1) is 0 Å². The maximum absolute atomic E-state index is 12.0. The van der Waals surface area contributed by atoms with E-state index in [1.807, 2.05) is 0 Å². The first-order valence-electron chi connectivity index (χ1n) is 5.56. The minimum absolute atomic E-state index is 0.221. The maximum atomic E-state index is 12.0. The molecule has 1 fully saturated rings. The van der Waals surface area contributed by atoms with Crippen LogP contribution in [0.25, 0.3) is 0 Å². The van der Waals surface area contributed by atoms with Crippen molar-refractivity contribution in [2.45, 2.75) is 25.3 Å². The first-order valence-corrected chi connectivity index (χ1v) is 7.17. The highest BCUT2D eigenvalue weighted by Crippen LogP contribution is 2.21. The molecule has 18 heavy (non-hydrogen) atoms. The lowest BCUT2D eigenvalue weighted by Gasteiger charge is -2.32. The Kier molecular flexibility index (Phi) is 5.09. The third-order valence-electron chi connectivity index (χ3n) is 2.81. The molecule has 1 aliphatic heterocycles. The number of hydrogen-bond acceptors (Lipinski definition) is 6. The molecule has 0 unspecified atom stereocenters. The van der Waals surface area contributed by atoms with Gasteiger partial charge in [-0.2, -0.15) is 4.31 Å². The van der Waals surface area contributed by atoms with Crippen LogP contribution in [0.2, 0.25) is 0 Å². The van der Waals surface area contributed by atoms with Gasteiger partial charge < -0.3 is 9.47 Å². The van der Waals surface area contributed by atoms with Gasteiger partial charge in [-0.05, 0) is 19.3 Å². The van der Waals surface area contributed by atoms with Gasteiger partial charge in [0, 0.05) is 6.54 Å². The predicted molar refractivity (Wildman–Crippen MR) is 62.2 cm³/mol. The molecule has 0 bridgehead atoms. The quantitative estimate of drug-likeness (QED) is 0.645. The Balaban J connectivity index is 2.89. The minimum atomic E-state index is -3.84. The molecule has 0 spiro atoms. The second kappa shape index (κ2) is 6.14. The average molecular weight is 279 g/mol. The van der Waals surface area contributed by atoms with E-state index < -0.39 is 33.8 Å². The van der Waals surface area contributed by atoms with Crippen molar-refractivity contribution in [1.29, 1.82) is 0 Å². The zero-order valence-corrected chi connectivity index (χ0v) is 11.2. The van der Waals surface area contributed by atoms with E-state index >= 15 is 0 Å². The number of piperidine rings is 1. The van der Waals surface area contributed by atoms with E-state index in [0.717, 1.165) is 17.8 Å². The zero-order chi connectivity index (χ0) is 13.8. The largest absolute Gasteiger partial charge is 0.468 e. The molecule has 104 valence electrons. The summed E-state index contributed by atoms with van der Waals surface area (Å²) in [6.45, 7) is 0.221. The van der Waals surface area contributed by atoms with Gasteiger partial charge in [-0.3, -0.25) is 9.59 Å². The summed E-state index contributed by atoms with van der Waals surface area (Å²) in [5.41, 5.74) is 0. The Morgan fingerprint density at radius 1 is 1.22 bits per heavy atom. The molecule has 1 heterocycles. The van der Waals surface area contributed by atoms with Gasteiger partial charge in [0.1, 0.15) is 6.04 Å². The molecular formula is C10H17NO6S. The molecule has 1 saturated heterocycles. The maximum Gasteiger partial charge on any atom is 0.324 e. The summed E-state index contributed by atoms with van der Waals surface area (Å²) in [4.78, 5) is 22.6. The molecule has 1 rings (SSSR count). The van der Waals surface area contributed by atoms with Gasteiger partial charge in [0.25, 0.3) is 0 Å². The fourth-order valence-corrected chi connectivity index (χ4v) is 3.47. The van der Waals surface area contributed by atoms with Crippen LogP contribution in [0.3, 0.4) is 0 Å². The molecule has 0 radical (unpaired) electrons. The van der Waals surface area contributed by atoms with Crippen LogP contribution in [0.4, 0.5) is 0 Å². The Hall–Kier alpha value is -1.15. The van der Waals surface area contributed by atoms with E-state index in [4.69, 9.17) is 0 Å². The summed E-state index contributed by atoms with van der Waals surface area (Å²) < 4.78 is 34.0. The topological polar surface area (TPSA) is 90.0 Å². The van der Waals surface area contributed by atoms with Crippen LogP contribution in [-0.2, 0) is 29.1 Å². The molecule has 0 N–H and O–H groups in total. The van der Waals surface area contributed by atoms with Crippen molar-refractivity contribution in [3.8, 4) is 0 Å². The molecule has 0 saturated carbocycles. The van der Waals surface area contributed by atoms with Crippen LogP contribution < -0.4 is 0 Å². The predicted octanol–water partition coefficient (Wildman–Crippen LogP) is -0.483. The Labute approximate surface area is 106 Å². The highest BCUT2D eigenvalue weighted by atomic mass is 32.2. The van der Waals surface area contributed by atoms with Crippen molar-refractivity contribution in [3.63, 3.8) is 0 Å².